The number of hydrogen-bond acceptors (Lipinski definition) is 4. The molecule has 1 saturated carbocycles. The number of carboxylic acid groups (broad SMARTS) is 1. The normalized spacial score (nSPS) is 25.6. The van der Waals surface area contributed by atoms with Crippen LogP contribution in [-0.4, -0.2) is 28.8 Å². The number of fused-ring (bicyclic) bond motifs is 2. The van der Waals surface area contributed by atoms with Crippen molar-refractivity contribution in [3.63, 3.8) is 0 Å². The molecule has 0 aromatic heterocycles. The van der Waals surface area contributed by atoms with Gasteiger partial charge in [-0.3, -0.25) is 30.0 Å². The number of benzene rings is 1. The molecule has 0 unspecified atom stereocenters. The summed E-state index contributed by atoms with van der Waals surface area (Å²) < 4.78 is 0. The minimum absolute atomic E-state index is 0.116. The van der Waals surface area contributed by atoms with E-state index in [1.807, 2.05) is 12.2 Å². The van der Waals surface area contributed by atoms with E-state index in [2.05, 4.69) is 16.2 Å². The van der Waals surface area contributed by atoms with E-state index in [0.717, 1.165) is 0 Å². The average Bonchev–Trinajstić information content (AvgIpc) is 3.20. The van der Waals surface area contributed by atoms with Crippen molar-refractivity contribution in [1.82, 2.24) is 10.9 Å². The maximum absolute atomic E-state index is 12.4. The van der Waals surface area contributed by atoms with Crippen LogP contribution in [0.4, 0.5) is 5.69 Å². The van der Waals surface area contributed by atoms with Gasteiger partial charge in [0, 0.05) is 18.2 Å². The van der Waals surface area contributed by atoms with Crippen molar-refractivity contribution in [2.45, 2.75) is 13.3 Å². The number of rotatable bonds is 4. The molecule has 1 fully saturated rings. The van der Waals surface area contributed by atoms with Crippen LogP contribution in [0.5, 0.6) is 0 Å². The van der Waals surface area contributed by atoms with Crippen molar-refractivity contribution in [1.29, 1.82) is 0 Å². The zero-order valence-electron chi connectivity index (χ0n) is 14.1. The molecule has 0 saturated heterocycles. The second-order valence-electron chi connectivity index (χ2n) is 6.54. The molecule has 8 nitrogen and oxygen atoms in total. The first-order chi connectivity index (χ1) is 12.4. The van der Waals surface area contributed by atoms with Crippen molar-refractivity contribution < 1.29 is 24.3 Å². The van der Waals surface area contributed by atoms with Crippen molar-refractivity contribution in [2.24, 2.45) is 23.7 Å². The monoisotopic (exact) mass is 357 g/mol. The molecule has 8 heteroatoms. The lowest BCUT2D eigenvalue weighted by molar-refractivity contribution is -0.148. The lowest BCUT2D eigenvalue weighted by atomic mass is 9.82. The molecule has 2 aliphatic carbocycles. The standard InChI is InChI=1S/C18H19N3O5/c1-9(22)19-13-6-4-10(5-7-13)16(23)20-21-17(24)14-11-2-3-12(8-11)15(14)18(25)26/h2-7,11-12,14-15H,8H2,1H3,(H,19,22)(H,20,23)(H,21,24)(H,25,26)/t11-,12-,14-,15+/m0/s1. The Bertz CT molecular complexity index is 787. The van der Waals surface area contributed by atoms with E-state index in [0.29, 0.717) is 17.7 Å². The summed E-state index contributed by atoms with van der Waals surface area (Å²) in [5.74, 6) is -3.95. The maximum atomic E-state index is 12.4. The molecule has 2 aliphatic rings. The third-order valence-electron chi connectivity index (χ3n) is 4.81. The maximum Gasteiger partial charge on any atom is 0.307 e. The number of carbonyl (C=O) groups excluding carboxylic acids is 3. The van der Waals surface area contributed by atoms with Crippen molar-refractivity contribution in [3.05, 3.63) is 42.0 Å². The number of aliphatic carboxylic acids is 1. The molecular weight excluding hydrogens is 338 g/mol. The minimum atomic E-state index is -0.998. The van der Waals surface area contributed by atoms with Gasteiger partial charge in [0.05, 0.1) is 11.8 Å². The zero-order chi connectivity index (χ0) is 18.8. The van der Waals surface area contributed by atoms with Crippen LogP contribution in [0.25, 0.3) is 0 Å². The van der Waals surface area contributed by atoms with E-state index in [1.165, 1.54) is 19.1 Å². The average molecular weight is 357 g/mol. The van der Waals surface area contributed by atoms with Crippen LogP contribution in [0, 0.1) is 23.7 Å². The third kappa shape index (κ3) is 3.44. The van der Waals surface area contributed by atoms with Crippen LogP contribution in [0.1, 0.15) is 23.7 Å². The lowest BCUT2D eigenvalue weighted by Gasteiger charge is -2.23. The van der Waals surface area contributed by atoms with E-state index in [9.17, 15) is 24.3 Å². The topological polar surface area (TPSA) is 125 Å². The zero-order valence-corrected chi connectivity index (χ0v) is 14.1. The molecule has 4 atom stereocenters. The Morgan fingerprint density at radius 3 is 2.15 bits per heavy atom. The SMILES string of the molecule is CC(=O)Nc1ccc(C(=O)NNC(=O)[C@@H]2[C@H](C(=O)O)[C@H]3C=C[C@H]2C3)cc1. The number of carboxylic acids is 1. The fourth-order valence-corrected chi connectivity index (χ4v) is 3.70. The summed E-state index contributed by atoms with van der Waals surface area (Å²) in [7, 11) is 0. The van der Waals surface area contributed by atoms with E-state index in [1.54, 1.807) is 12.1 Å². The van der Waals surface area contributed by atoms with Gasteiger partial charge in [0.15, 0.2) is 0 Å². The summed E-state index contributed by atoms with van der Waals surface area (Å²) in [5.41, 5.74) is 5.49. The number of allylic oxidation sites excluding steroid dienone is 2. The molecule has 0 heterocycles. The highest BCUT2D eigenvalue weighted by molar-refractivity contribution is 5.97. The molecule has 136 valence electrons. The minimum Gasteiger partial charge on any atom is -0.481 e. The van der Waals surface area contributed by atoms with Crippen LogP contribution in [0.2, 0.25) is 0 Å². The molecule has 3 rings (SSSR count). The molecular formula is C18H19N3O5. The summed E-state index contributed by atoms with van der Waals surface area (Å²) in [6.45, 7) is 1.38. The summed E-state index contributed by atoms with van der Waals surface area (Å²) in [5, 5.41) is 12.0. The van der Waals surface area contributed by atoms with Gasteiger partial charge in [0.1, 0.15) is 0 Å². The number of carbonyl (C=O) groups is 4. The highest BCUT2D eigenvalue weighted by atomic mass is 16.4. The molecule has 0 aliphatic heterocycles. The van der Waals surface area contributed by atoms with Gasteiger partial charge in [-0.1, -0.05) is 12.2 Å². The van der Waals surface area contributed by atoms with Crippen molar-refractivity contribution in [2.75, 3.05) is 5.32 Å². The fraction of sp³-hybridized carbons (Fsp3) is 0.333. The first-order valence-electron chi connectivity index (χ1n) is 8.26. The Morgan fingerprint density at radius 1 is 0.962 bits per heavy atom. The molecule has 4 N–H and O–H groups in total. The Hall–Kier alpha value is -3.16. The molecule has 0 radical (unpaired) electrons. The van der Waals surface area contributed by atoms with Gasteiger partial charge in [-0.2, -0.15) is 0 Å². The predicted molar refractivity (Wildman–Crippen MR) is 91.7 cm³/mol. The summed E-state index contributed by atoms with van der Waals surface area (Å²) in [4.78, 5) is 46.9. The largest absolute Gasteiger partial charge is 0.481 e. The first kappa shape index (κ1) is 17.7. The number of anilines is 1. The number of nitrogens with one attached hydrogen (secondary N) is 3. The second kappa shape index (κ2) is 6.99. The van der Waals surface area contributed by atoms with Gasteiger partial charge in [-0.25, -0.2) is 0 Å². The van der Waals surface area contributed by atoms with Crippen molar-refractivity contribution in [3.8, 4) is 0 Å². The van der Waals surface area contributed by atoms with Crippen LogP contribution < -0.4 is 16.2 Å². The van der Waals surface area contributed by atoms with Gasteiger partial charge in [0.25, 0.3) is 5.91 Å². The Labute approximate surface area is 149 Å². The molecule has 1 aromatic carbocycles. The van der Waals surface area contributed by atoms with E-state index in [-0.39, 0.29) is 17.7 Å². The van der Waals surface area contributed by atoms with Crippen molar-refractivity contribution >= 4 is 29.4 Å². The van der Waals surface area contributed by atoms with Crippen LogP contribution in [0.15, 0.2) is 36.4 Å². The first-order valence-corrected chi connectivity index (χ1v) is 8.26. The van der Waals surface area contributed by atoms with Gasteiger partial charge in [0.2, 0.25) is 11.8 Å². The van der Waals surface area contributed by atoms with E-state index in [4.69, 9.17) is 0 Å². The summed E-state index contributed by atoms with van der Waals surface area (Å²) in [6.07, 6.45) is 4.37. The van der Waals surface area contributed by atoms with Crippen LogP contribution in [0.3, 0.4) is 0 Å². The van der Waals surface area contributed by atoms with Gasteiger partial charge >= 0.3 is 5.97 Å². The fourth-order valence-electron chi connectivity index (χ4n) is 3.70. The number of hydrogen-bond donors (Lipinski definition) is 4. The third-order valence-corrected chi connectivity index (χ3v) is 4.81. The van der Waals surface area contributed by atoms with Gasteiger partial charge in [-0.15, -0.1) is 0 Å². The lowest BCUT2D eigenvalue weighted by Crippen LogP contribution is -2.48. The summed E-state index contributed by atoms with van der Waals surface area (Å²) in [6, 6.07) is 6.15. The highest BCUT2D eigenvalue weighted by Crippen LogP contribution is 2.48. The molecule has 1 aromatic rings. The van der Waals surface area contributed by atoms with E-state index >= 15 is 0 Å². The van der Waals surface area contributed by atoms with E-state index < -0.39 is 29.6 Å². The second-order valence-corrected chi connectivity index (χ2v) is 6.54. The Kier molecular flexibility index (Phi) is 4.75. The molecule has 0 spiro atoms. The smallest absolute Gasteiger partial charge is 0.307 e. The predicted octanol–water partition coefficient (Wildman–Crippen LogP) is 0.929. The quantitative estimate of drug-likeness (QED) is 0.471. The van der Waals surface area contributed by atoms with Gasteiger partial charge < -0.3 is 10.4 Å². The number of hydrazine groups is 1. The van der Waals surface area contributed by atoms with Crippen LogP contribution in [-0.2, 0) is 14.4 Å². The Balaban J connectivity index is 1.59. The van der Waals surface area contributed by atoms with Gasteiger partial charge in [-0.05, 0) is 42.5 Å². The molecule has 26 heavy (non-hydrogen) atoms. The number of amides is 3. The molecule has 2 bridgehead atoms. The highest BCUT2D eigenvalue weighted by Gasteiger charge is 2.51. The van der Waals surface area contributed by atoms with Crippen LogP contribution >= 0.6 is 0 Å². The summed E-state index contributed by atoms with van der Waals surface area (Å²) >= 11 is 0. The molecule has 3 amide bonds. The Morgan fingerprint density at radius 2 is 1.58 bits per heavy atom.